The average Bonchev–Trinajstić information content (AvgIpc) is 3.93. The molecule has 7 rings (SSSR count). The van der Waals surface area contributed by atoms with Gasteiger partial charge in [0.2, 0.25) is 11.8 Å². The van der Waals surface area contributed by atoms with Crippen LogP contribution in [0.15, 0.2) is 43.0 Å². The van der Waals surface area contributed by atoms with Gasteiger partial charge < -0.3 is 19.0 Å². The van der Waals surface area contributed by atoms with Gasteiger partial charge in [-0.25, -0.2) is 19.9 Å². The second-order valence-electron chi connectivity index (χ2n) is 10.4. The van der Waals surface area contributed by atoms with Crippen molar-refractivity contribution in [3.8, 4) is 40.6 Å². The third kappa shape index (κ3) is 4.68. The van der Waals surface area contributed by atoms with Crippen molar-refractivity contribution in [3.05, 3.63) is 65.5 Å². The molecular formula is C29H23F3N8O2. The van der Waals surface area contributed by atoms with Crippen LogP contribution in [0.3, 0.4) is 0 Å². The molecule has 1 N–H and O–H groups in total. The van der Waals surface area contributed by atoms with Crippen molar-refractivity contribution in [1.82, 2.24) is 34.5 Å². The van der Waals surface area contributed by atoms with Crippen LogP contribution < -0.4 is 9.47 Å². The number of imidazole rings is 1. The second-order valence-corrected chi connectivity index (χ2v) is 10.4. The summed E-state index contributed by atoms with van der Waals surface area (Å²) >= 11 is 0. The summed E-state index contributed by atoms with van der Waals surface area (Å²) in [5, 5.41) is 10.1. The Labute approximate surface area is 237 Å². The summed E-state index contributed by atoms with van der Waals surface area (Å²) in [5.74, 6) is 1.41. The highest BCUT2D eigenvalue weighted by Gasteiger charge is 2.37. The Morgan fingerprint density at radius 2 is 1.83 bits per heavy atom. The molecule has 10 nitrogen and oxygen atoms in total. The Morgan fingerprint density at radius 1 is 1.05 bits per heavy atom. The third-order valence-electron chi connectivity index (χ3n) is 7.39. The molecule has 5 aromatic rings. The van der Waals surface area contributed by atoms with E-state index in [0.29, 0.717) is 39.4 Å². The van der Waals surface area contributed by atoms with Crippen molar-refractivity contribution < 1.29 is 22.6 Å². The molecule has 1 aromatic carbocycles. The number of nitrogens with one attached hydrogen (secondary N) is 1. The number of ether oxygens (including phenoxy) is 2. The van der Waals surface area contributed by atoms with Crippen LogP contribution in [0.5, 0.6) is 11.8 Å². The van der Waals surface area contributed by atoms with Gasteiger partial charge in [0.25, 0.3) is 0 Å². The second kappa shape index (κ2) is 9.83. The van der Waals surface area contributed by atoms with Crippen LogP contribution in [-0.4, -0.2) is 41.6 Å². The molecule has 212 valence electrons. The minimum atomic E-state index is -4.51. The van der Waals surface area contributed by atoms with Gasteiger partial charge in [-0.2, -0.15) is 23.4 Å². The van der Waals surface area contributed by atoms with Gasteiger partial charge in [-0.1, -0.05) is 24.3 Å². The fourth-order valence-corrected chi connectivity index (χ4v) is 4.99. The minimum absolute atomic E-state index is 0.0331. The lowest BCUT2D eigenvalue weighted by atomic mass is 10.1. The maximum Gasteiger partial charge on any atom is 0.434 e. The number of hydrogen-bond donors (Lipinski definition) is 1. The highest BCUT2D eigenvalue weighted by molar-refractivity contribution is 5.89. The van der Waals surface area contributed by atoms with Crippen LogP contribution in [0.25, 0.3) is 33.8 Å². The molecule has 4 aromatic heterocycles. The zero-order valence-electron chi connectivity index (χ0n) is 22.3. The number of fused-ring (bicyclic) bond motifs is 1. The molecule has 0 aliphatic heterocycles. The molecule has 0 radical (unpaired) electrons. The number of hydrogen-bond acceptors (Lipinski definition) is 8. The molecule has 0 saturated heterocycles. The number of nitriles is 1. The molecule has 2 aliphatic rings. The lowest BCUT2D eigenvalue weighted by Gasteiger charge is -2.13. The maximum absolute atomic E-state index is 13.4. The van der Waals surface area contributed by atoms with Gasteiger partial charge in [-0.3, -0.25) is 0 Å². The van der Waals surface area contributed by atoms with Gasteiger partial charge >= 0.3 is 6.18 Å². The van der Waals surface area contributed by atoms with Crippen molar-refractivity contribution in [1.29, 1.82) is 5.26 Å². The van der Waals surface area contributed by atoms with E-state index in [9.17, 15) is 18.4 Å². The first-order chi connectivity index (χ1) is 20.3. The number of aromatic amines is 1. The maximum atomic E-state index is 13.4. The summed E-state index contributed by atoms with van der Waals surface area (Å²) in [6.07, 6.45) is 3.22. The quantitative estimate of drug-likeness (QED) is 0.241. The van der Waals surface area contributed by atoms with Crippen molar-refractivity contribution in [2.45, 2.75) is 50.4 Å². The molecular weight excluding hydrogens is 549 g/mol. The van der Waals surface area contributed by atoms with Gasteiger partial charge in [-0.05, 0) is 31.2 Å². The van der Waals surface area contributed by atoms with E-state index in [0.717, 1.165) is 43.1 Å². The van der Waals surface area contributed by atoms with E-state index >= 15 is 0 Å². The zero-order valence-corrected chi connectivity index (χ0v) is 22.3. The summed E-state index contributed by atoms with van der Waals surface area (Å²) in [7, 11) is 1.52. The van der Waals surface area contributed by atoms with Crippen LogP contribution >= 0.6 is 0 Å². The summed E-state index contributed by atoms with van der Waals surface area (Å²) < 4.78 is 53.3. The molecule has 2 fully saturated rings. The predicted octanol–water partition coefficient (Wildman–Crippen LogP) is 5.97. The number of benzene rings is 1. The number of H-pyrrole nitrogens is 1. The Balaban J connectivity index is 1.21. The topological polar surface area (TPSA) is 127 Å². The molecule has 0 amide bonds. The Hall–Kier alpha value is -4.99. The Morgan fingerprint density at radius 3 is 2.50 bits per heavy atom. The van der Waals surface area contributed by atoms with Crippen LogP contribution in [-0.2, 0) is 12.8 Å². The largest absolute Gasteiger partial charge is 0.480 e. The van der Waals surface area contributed by atoms with Crippen molar-refractivity contribution in [2.24, 2.45) is 0 Å². The first kappa shape index (κ1) is 25.9. The lowest BCUT2D eigenvalue weighted by Crippen LogP contribution is -2.05. The fourth-order valence-electron chi connectivity index (χ4n) is 4.99. The zero-order chi connectivity index (χ0) is 29.0. The number of nitrogens with zero attached hydrogens (tertiary/aromatic N) is 7. The molecule has 2 aliphatic carbocycles. The highest BCUT2D eigenvalue weighted by atomic mass is 19.4. The number of halogens is 3. The summed E-state index contributed by atoms with van der Waals surface area (Å²) in [6, 6.07) is 9.17. The molecule has 2 saturated carbocycles. The Bertz CT molecular complexity index is 1850. The average molecular weight is 573 g/mol. The van der Waals surface area contributed by atoms with Gasteiger partial charge in [0.15, 0.2) is 11.5 Å². The van der Waals surface area contributed by atoms with Gasteiger partial charge in [-0.15, -0.1) is 0 Å². The third-order valence-corrected chi connectivity index (χ3v) is 7.39. The van der Waals surface area contributed by atoms with E-state index in [1.165, 1.54) is 13.4 Å². The lowest BCUT2D eigenvalue weighted by molar-refractivity contribution is -0.140. The van der Waals surface area contributed by atoms with Gasteiger partial charge in [0.05, 0.1) is 23.8 Å². The number of rotatable bonds is 8. The molecule has 0 unspecified atom stereocenters. The first-order valence-corrected chi connectivity index (χ1v) is 13.4. The van der Waals surface area contributed by atoms with E-state index < -0.39 is 11.9 Å². The molecule has 4 heterocycles. The van der Waals surface area contributed by atoms with Gasteiger partial charge in [0, 0.05) is 29.9 Å². The molecule has 13 heteroatoms. The van der Waals surface area contributed by atoms with E-state index in [2.05, 4.69) is 31.0 Å². The summed E-state index contributed by atoms with van der Waals surface area (Å²) in [6.45, 7) is 0.0880. The van der Waals surface area contributed by atoms with E-state index in [-0.39, 0.29) is 30.3 Å². The fraction of sp³-hybridized carbons (Fsp3) is 0.310. The molecule has 0 bridgehead atoms. The SMILES string of the molecule is COc1ncnc(C2CC2)c1-c1nc(OCc2ccc(-c3nc(C(F)(F)F)cn3C3CC3)cc2)c2c(C#N)c[nH]c2n1. The minimum Gasteiger partial charge on any atom is -0.480 e. The summed E-state index contributed by atoms with van der Waals surface area (Å²) in [5.41, 5.74) is 2.56. The predicted molar refractivity (Wildman–Crippen MR) is 143 cm³/mol. The van der Waals surface area contributed by atoms with Crippen molar-refractivity contribution in [3.63, 3.8) is 0 Å². The summed E-state index contributed by atoms with van der Waals surface area (Å²) in [4.78, 5) is 25.0. The van der Waals surface area contributed by atoms with Crippen molar-refractivity contribution in [2.75, 3.05) is 7.11 Å². The molecule has 0 spiro atoms. The van der Waals surface area contributed by atoms with Crippen LogP contribution in [0.2, 0.25) is 0 Å². The van der Waals surface area contributed by atoms with E-state index in [1.807, 2.05) is 0 Å². The van der Waals surface area contributed by atoms with E-state index in [1.54, 1.807) is 35.0 Å². The van der Waals surface area contributed by atoms with Crippen LogP contribution in [0.4, 0.5) is 13.2 Å². The number of methoxy groups -OCH3 is 1. The van der Waals surface area contributed by atoms with E-state index in [4.69, 9.17) is 14.5 Å². The smallest absolute Gasteiger partial charge is 0.434 e. The normalized spacial score (nSPS) is 15.1. The number of aromatic nitrogens is 7. The number of alkyl halides is 3. The van der Waals surface area contributed by atoms with Crippen molar-refractivity contribution >= 4 is 11.0 Å². The van der Waals surface area contributed by atoms with Crippen LogP contribution in [0.1, 0.15) is 60.2 Å². The van der Waals surface area contributed by atoms with Crippen LogP contribution in [0, 0.1) is 11.3 Å². The Kier molecular flexibility index (Phi) is 6.07. The monoisotopic (exact) mass is 572 g/mol. The van der Waals surface area contributed by atoms with Gasteiger partial charge in [0.1, 0.15) is 36.0 Å². The standard InChI is InChI=1S/C29H23F3N8O2/c1-41-27-22(23(16-6-7-16)35-14-36-27)25-38-24-21(18(10-33)11-34-24)28(39-25)42-13-15-2-4-17(5-3-15)26-37-20(29(30,31)32)12-40(26)19-8-9-19/h2-5,11-12,14,16,19H,6-9,13H2,1H3,(H,34,38,39). The molecule has 42 heavy (non-hydrogen) atoms. The molecule has 0 atom stereocenters. The highest BCUT2D eigenvalue weighted by Crippen LogP contribution is 2.45. The first-order valence-electron chi connectivity index (χ1n) is 13.4.